The minimum absolute atomic E-state index is 0.137. The summed E-state index contributed by atoms with van der Waals surface area (Å²) < 4.78 is 11.2. The third kappa shape index (κ3) is 2.99. The number of aryl methyl sites for hydroxylation is 1. The van der Waals surface area contributed by atoms with Crippen molar-refractivity contribution < 1.29 is 14.3 Å². The van der Waals surface area contributed by atoms with Gasteiger partial charge in [0.2, 0.25) is 0 Å². The van der Waals surface area contributed by atoms with Crippen molar-refractivity contribution >= 4 is 39.8 Å². The zero-order valence-electron chi connectivity index (χ0n) is 13.1. The van der Waals surface area contributed by atoms with Crippen molar-refractivity contribution in [3.63, 3.8) is 0 Å². The zero-order valence-corrected chi connectivity index (χ0v) is 14.7. The van der Waals surface area contributed by atoms with E-state index >= 15 is 0 Å². The molecule has 122 valence electrons. The third-order valence-corrected chi connectivity index (χ3v) is 5.76. The SMILES string of the molecule is Cc1cc2cc3c(cc2nc1SCC(=O)c1cccs1)OCCO3. The van der Waals surface area contributed by atoms with E-state index in [0.717, 1.165) is 37.9 Å². The van der Waals surface area contributed by atoms with Crippen LogP contribution < -0.4 is 9.47 Å². The number of carbonyl (C=O) groups excluding carboxylic acids is 1. The van der Waals surface area contributed by atoms with Crippen LogP contribution in [0.5, 0.6) is 11.5 Å². The average molecular weight is 357 g/mol. The van der Waals surface area contributed by atoms with E-state index in [9.17, 15) is 4.79 Å². The molecule has 1 aliphatic rings. The Morgan fingerprint density at radius 1 is 1.25 bits per heavy atom. The second-order valence-electron chi connectivity index (χ2n) is 5.49. The van der Waals surface area contributed by atoms with Gasteiger partial charge in [-0.1, -0.05) is 17.8 Å². The molecule has 1 aliphatic heterocycles. The van der Waals surface area contributed by atoms with Crippen LogP contribution in [0.15, 0.2) is 40.7 Å². The van der Waals surface area contributed by atoms with Gasteiger partial charge in [0.15, 0.2) is 17.3 Å². The number of ketones is 1. The van der Waals surface area contributed by atoms with Gasteiger partial charge in [-0.2, -0.15) is 0 Å². The number of hydrogen-bond donors (Lipinski definition) is 0. The predicted octanol–water partition coefficient (Wildman–Crippen LogP) is 4.35. The smallest absolute Gasteiger partial charge is 0.183 e. The minimum atomic E-state index is 0.137. The highest BCUT2D eigenvalue weighted by Gasteiger charge is 2.15. The van der Waals surface area contributed by atoms with E-state index in [4.69, 9.17) is 14.5 Å². The van der Waals surface area contributed by atoms with Gasteiger partial charge in [0.25, 0.3) is 0 Å². The van der Waals surface area contributed by atoms with E-state index in [-0.39, 0.29) is 5.78 Å². The Bertz CT molecular complexity index is 906. The number of carbonyl (C=O) groups is 1. The van der Waals surface area contributed by atoms with E-state index < -0.39 is 0 Å². The Labute approximate surface area is 147 Å². The van der Waals surface area contributed by atoms with E-state index in [2.05, 4.69) is 6.07 Å². The third-order valence-electron chi connectivity index (χ3n) is 3.76. The molecule has 2 aromatic heterocycles. The molecule has 0 fully saturated rings. The Hall–Kier alpha value is -2.05. The summed E-state index contributed by atoms with van der Waals surface area (Å²) in [5.74, 6) is 2.03. The number of nitrogens with zero attached hydrogens (tertiary/aromatic N) is 1. The molecule has 0 saturated heterocycles. The molecule has 0 aliphatic carbocycles. The standard InChI is InChI=1S/C18H15NO3S2/c1-11-7-12-8-15-16(22-5-4-21-15)9-13(12)19-18(11)24-10-14(20)17-3-2-6-23-17/h2-3,6-9H,4-5,10H2,1H3. The first-order valence-corrected chi connectivity index (χ1v) is 9.48. The zero-order chi connectivity index (χ0) is 16.5. The summed E-state index contributed by atoms with van der Waals surface area (Å²) in [6.45, 7) is 3.15. The molecule has 4 rings (SSSR count). The van der Waals surface area contributed by atoms with E-state index in [0.29, 0.717) is 19.0 Å². The number of aromatic nitrogens is 1. The van der Waals surface area contributed by atoms with Crippen molar-refractivity contribution in [1.82, 2.24) is 4.98 Å². The van der Waals surface area contributed by atoms with Crippen molar-refractivity contribution in [3.05, 3.63) is 46.2 Å². The maximum Gasteiger partial charge on any atom is 0.183 e. The molecule has 0 radical (unpaired) electrons. The number of pyridine rings is 1. The minimum Gasteiger partial charge on any atom is -0.486 e. The number of ether oxygens (including phenoxy) is 2. The molecule has 0 atom stereocenters. The summed E-state index contributed by atoms with van der Waals surface area (Å²) >= 11 is 2.95. The van der Waals surface area contributed by atoms with Crippen LogP contribution >= 0.6 is 23.1 Å². The molecule has 0 amide bonds. The van der Waals surface area contributed by atoms with Crippen LogP contribution in [0.3, 0.4) is 0 Å². The molecule has 0 N–H and O–H groups in total. The summed E-state index contributed by atoms with van der Waals surface area (Å²) in [5.41, 5.74) is 1.92. The lowest BCUT2D eigenvalue weighted by Gasteiger charge is -2.19. The summed E-state index contributed by atoms with van der Waals surface area (Å²) in [4.78, 5) is 17.7. The summed E-state index contributed by atoms with van der Waals surface area (Å²) in [6, 6.07) is 9.72. The fourth-order valence-electron chi connectivity index (χ4n) is 2.59. The first-order valence-electron chi connectivity index (χ1n) is 7.61. The van der Waals surface area contributed by atoms with Crippen molar-refractivity contribution in [2.75, 3.05) is 19.0 Å². The maximum absolute atomic E-state index is 12.2. The second-order valence-corrected chi connectivity index (χ2v) is 7.40. The van der Waals surface area contributed by atoms with Crippen molar-refractivity contribution in [3.8, 4) is 11.5 Å². The van der Waals surface area contributed by atoms with Crippen LogP contribution in [0, 0.1) is 6.92 Å². The fourth-order valence-corrected chi connectivity index (χ4v) is 4.22. The van der Waals surface area contributed by atoms with Gasteiger partial charge in [-0.05, 0) is 36.1 Å². The molecular formula is C18H15NO3S2. The molecule has 3 aromatic rings. The van der Waals surface area contributed by atoms with Crippen LogP contribution in [0.25, 0.3) is 10.9 Å². The van der Waals surface area contributed by atoms with Gasteiger partial charge in [0.1, 0.15) is 18.2 Å². The van der Waals surface area contributed by atoms with Crippen LogP contribution in [0.1, 0.15) is 15.2 Å². The van der Waals surface area contributed by atoms with Gasteiger partial charge >= 0.3 is 0 Å². The normalized spacial score (nSPS) is 13.2. The number of benzene rings is 1. The second kappa shape index (κ2) is 6.45. The molecule has 1 aromatic carbocycles. The lowest BCUT2D eigenvalue weighted by Crippen LogP contribution is -2.15. The largest absolute Gasteiger partial charge is 0.486 e. The molecule has 6 heteroatoms. The highest BCUT2D eigenvalue weighted by Crippen LogP contribution is 2.35. The number of thiophene rings is 1. The van der Waals surface area contributed by atoms with E-state index in [1.165, 1.54) is 23.1 Å². The average Bonchev–Trinajstić information content (AvgIpc) is 3.12. The highest BCUT2D eigenvalue weighted by atomic mass is 32.2. The molecule has 0 spiro atoms. The van der Waals surface area contributed by atoms with Gasteiger partial charge in [-0.25, -0.2) is 4.98 Å². The first-order chi connectivity index (χ1) is 11.7. The Balaban J connectivity index is 1.61. The quantitative estimate of drug-likeness (QED) is 0.513. The lowest BCUT2D eigenvalue weighted by molar-refractivity contribution is 0.102. The van der Waals surface area contributed by atoms with Crippen molar-refractivity contribution in [1.29, 1.82) is 0 Å². The molecule has 0 bridgehead atoms. The van der Waals surface area contributed by atoms with E-state index in [1.807, 2.05) is 36.6 Å². The molecular weight excluding hydrogens is 342 g/mol. The van der Waals surface area contributed by atoms with Crippen LogP contribution in [0.2, 0.25) is 0 Å². The number of Topliss-reactive ketones (excluding diaryl/α,β-unsaturated/α-hetero) is 1. The molecule has 4 nitrogen and oxygen atoms in total. The van der Waals surface area contributed by atoms with Gasteiger partial charge in [-0.3, -0.25) is 4.79 Å². The highest BCUT2D eigenvalue weighted by molar-refractivity contribution is 8.00. The van der Waals surface area contributed by atoms with Gasteiger partial charge < -0.3 is 9.47 Å². The Morgan fingerprint density at radius 3 is 2.79 bits per heavy atom. The number of fused-ring (bicyclic) bond motifs is 2. The maximum atomic E-state index is 12.2. The number of rotatable bonds is 4. The monoisotopic (exact) mass is 357 g/mol. The molecule has 0 unspecified atom stereocenters. The van der Waals surface area contributed by atoms with E-state index in [1.54, 1.807) is 0 Å². The molecule has 24 heavy (non-hydrogen) atoms. The predicted molar refractivity (Wildman–Crippen MR) is 96.8 cm³/mol. The lowest BCUT2D eigenvalue weighted by atomic mass is 10.1. The summed E-state index contributed by atoms with van der Waals surface area (Å²) in [6.07, 6.45) is 0. The fraction of sp³-hybridized carbons (Fsp3) is 0.222. The molecule has 0 saturated carbocycles. The Kier molecular flexibility index (Phi) is 4.16. The van der Waals surface area contributed by atoms with Crippen LogP contribution in [-0.2, 0) is 0 Å². The first kappa shape index (κ1) is 15.5. The van der Waals surface area contributed by atoms with Crippen molar-refractivity contribution in [2.24, 2.45) is 0 Å². The van der Waals surface area contributed by atoms with Crippen molar-refractivity contribution in [2.45, 2.75) is 11.9 Å². The number of thioether (sulfide) groups is 1. The summed E-state index contributed by atoms with van der Waals surface area (Å²) in [5, 5.41) is 3.82. The molecule has 3 heterocycles. The van der Waals surface area contributed by atoms with Gasteiger partial charge in [0.05, 0.1) is 16.1 Å². The van der Waals surface area contributed by atoms with Crippen LogP contribution in [0.4, 0.5) is 0 Å². The summed E-state index contributed by atoms with van der Waals surface area (Å²) in [7, 11) is 0. The Morgan fingerprint density at radius 2 is 2.04 bits per heavy atom. The van der Waals surface area contributed by atoms with Crippen LogP contribution in [-0.4, -0.2) is 29.7 Å². The topological polar surface area (TPSA) is 48.4 Å². The van der Waals surface area contributed by atoms with Gasteiger partial charge in [0, 0.05) is 11.5 Å². The number of hydrogen-bond acceptors (Lipinski definition) is 6. The van der Waals surface area contributed by atoms with Gasteiger partial charge in [-0.15, -0.1) is 11.3 Å².